The molecule has 0 aromatic heterocycles. The molecule has 6 nitrogen and oxygen atoms in total. The lowest BCUT2D eigenvalue weighted by Gasteiger charge is -2.25. The summed E-state index contributed by atoms with van der Waals surface area (Å²) in [6.45, 7) is -0.777. The van der Waals surface area contributed by atoms with Gasteiger partial charge in [-0.3, -0.25) is 0 Å². The number of hydrogen-bond acceptors (Lipinski definition) is 6. The van der Waals surface area contributed by atoms with Gasteiger partial charge in [0.15, 0.2) is 0 Å². The van der Waals surface area contributed by atoms with Gasteiger partial charge >= 0.3 is 0 Å². The van der Waals surface area contributed by atoms with Crippen LogP contribution in [0, 0.1) is 0 Å². The molecule has 4 atom stereocenters. The maximum Gasteiger partial charge on any atom is 0.139 e. The zero-order valence-electron chi connectivity index (χ0n) is 10.5. The summed E-state index contributed by atoms with van der Waals surface area (Å²) in [6, 6.07) is 6.84. The Morgan fingerprint density at radius 3 is 2.35 bits per heavy atom. The van der Waals surface area contributed by atoms with E-state index in [0.29, 0.717) is 5.56 Å². The van der Waals surface area contributed by atoms with E-state index in [1.165, 1.54) is 6.08 Å². The summed E-state index contributed by atoms with van der Waals surface area (Å²) in [5.41, 5.74) is 0.570. The lowest BCUT2D eigenvalue weighted by Crippen LogP contribution is -2.46. The highest BCUT2D eigenvalue weighted by Crippen LogP contribution is 2.17. The van der Waals surface area contributed by atoms with Crippen LogP contribution in [-0.4, -0.2) is 61.7 Å². The zero-order valence-corrected chi connectivity index (χ0v) is 12.1. The Morgan fingerprint density at radius 1 is 1.15 bits per heavy atom. The van der Waals surface area contributed by atoms with E-state index in [-0.39, 0.29) is 0 Å². The van der Waals surface area contributed by atoms with Crippen LogP contribution in [0.15, 0.2) is 34.5 Å². The number of rotatable bonds is 6. The third-order valence-electron chi connectivity index (χ3n) is 2.72. The highest BCUT2D eigenvalue weighted by atomic mass is 79.9. The van der Waals surface area contributed by atoms with Gasteiger partial charge in [0.05, 0.1) is 6.61 Å². The van der Waals surface area contributed by atoms with Gasteiger partial charge in [-0.15, -0.1) is 0 Å². The monoisotopic (exact) mass is 348 g/mol. The van der Waals surface area contributed by atoms with Gasteiger partial charge < -0.3 is 30.6 Å². The fourth-order valence-electron chi connectivity index (χ4n) is 1.55. The van der Waals surface area contributed by atoms with E-state index in [2.05, 4.69) is 15.9 Å². The van der Waals surface area contributed by atoms with Crippen molar-refractivity contribution in [1.82, 2.24) is 0 Å². The van der Waals surface area contributed by atoms with Crippen LogP contribution in [0.2, 0.25) is 0 Å². The van der Waals surface area contributed by atoms with E-state index < -0.39 is 36.8 Å². The van der Waals surface area contributed by atoms with Crippen molar-refractivity contribution in [3.8, 4) is 0 Å². The second kappa shape index (κ2) is 7.72. The molecule has 4 unspecified atom stereocenters. The summed E-state index contributed by atoms with van der Waals surface area (Å²) < 4.78 is 0.768. The molecule has 0 amide bonds. The van der Waals surface area contributed by atoms with E-state index in [9.17, 15) is 25.5 Å². The zero-order chi connectivity index (χ0) is 15.3. The molecule has 1 aromatic rings. The average molecular weight is 349 g/mol. The Hall–Kier alpha value is -0.960. The highest BCUT2D eigenvalue weighted by molar-refractivity contribution is 9.10. The average Bonchev–Trinajstić information content (AvgIpc) is 2.43. The van der Waals surface area contributed by atoms with Crippen LogP contribution in [0.3, 0.4) is 0 Å². The first-order valence-electron chi connectivity index (χ1n) is 5.86. The van der Waals surface area contributed by atoms with Crippen molar-refractivity contribution in [1.29, 1.82) is 0 Å². The van der Waals surface area contributed by atoms with Gasteiger partial charge in [0, 0.05) is 4.47 Å². The van der Waals surface area contributed by atoms with Crippen molar-refractivity contribution in [2.24, 2.45) is 0 Å². The molecule has 0 aliphatic rings. The van der Waals surface area contributed by atoms with Crippen molar-refractivity contribution >= 4 is 22.0 Å². The van der Waals surface area contributed by atoms with Crippen molar-refractivity contribution < 1.29 is 30.6 Å². The topological polar surface area (TPSA) is 121 Å². The Balaban J connectivity index is 2.82. The van der Waals surface area contributed by atoms with Crippen molar-refractivity contribution in [2.75, 3.05) is 6.61 Å². The predicted molar refractivity (Wildman–Crippen MR) is 75.9 cm³/mol. The van der Waals surface area contributed by atoms with Crippen molar-refractivity contribution in [3.63, 3.8) is 0 Å². The van der Waals surface area contributed by atoms with Crippen LogP contribution < -0.4 is 0 Å². The third kappa shape index (κ3) is 4.55. The lowest BCUT2D eigenvalue weighted by molar-refractivity contribution is -0.112. The van der Waals surface area contributed by atoms with Crippen LogP contribution in [0.5, 0.6) is 0 Å². The summed E-state index contributed by atoms with van der Waals surface area (Å²) in [4.78, 5) is 0. The fraction of sp³-hybridized carbons (Fsp3) is 0.385. The van der Waals surface area contributed by atoms with E-state index in [0.717, 1.165) is 4.47 Å². The molecule has 0 aliphatic carbocycles. The maximum absolute atomic E-state index is 9.72. The molecule has 20 heavy (non-hydrogen) atoms. The quantitative estimate of drug-likeness (QED) is 0.395. The molecule has 0 bridgehead atoms. The minimum absolute atomic E-state index is 0.570. The summed E-state index contributed by atoms with van der Waals surface area (Å²) in [5.74, 6) is -0.570. The van der Waals surface area contributed by atoms with E-state index in [4.69, 9.17) is 5.11 Å². The number of aliphatic hydroxyl groups is 6. The van der Waals surface area contributed by atoms with Crippen LogP contribution in [0.1, 0.15) is 5.56 Å². The molecular weight excluding hydrogens is 332 g/mol. The van der Waals surface area contributed by atoms with E-state index >= 15 is 0 Å². The maximum atomic E-state index is 9.72. The Kier molecular flexibility index (Phi) is 6.60. The second-order valence-corrected chi connectivity index (χ2v) is 5.22. The SMILES string of the molecule is OCC(O)C(O)C(O)C(O)C(O)=Cc1cccc(Br)c1. The Bertz CT molecular complexity index is 464. The van der Waals surface area contributed by atoms with E-state index in [1.54, 1.807) is 24.3 Å². The van der Waals surface area contributed by atoms with E-state index in [1.807, 2.05) is 0 Å². The van der Waals surface area contributed by atoms with Crippen molar-refractivity contribution in [3.05, 3.63) is 40.1 Å². The fourth-order valence-corrected chi connectivity index (χ4v) is 1.97. The van der Waals surface area contributed by atoms with Gasteiger partial charge in [-0.1, -0.05) is 28.1 Å². The van der Waals surface area contributed by atoms with Crippen LogP contribution in [0.4, 0.5) is 0 Å². The Labute approximate surface area is 124 Å². The molecule has 112 valence electrons. The molecule has 0 radical (unpaired) electrons. The van der Waals surface area contributed by atoms with Crippen LogP contribution >= 0.6 is 15.9 Å². The molecule has 1 aromatic carbocycles. The standard InChI is InChI=1S/C13H17BrO6/c14-8-3-1-2-7(4-8)5-9(16)11(18)13(20)12(19)10(17)6-15/h1-5,10-13,15-20H,6H2. The molecule has 0 saturated heterocycles. The molecule has 7 heteroatoms. The molecule has 6 N–H and O–H groups in total. The van der Waals surface area contributed by atoms with Crippen LogP contribution in [0.25, 0.3) is 6.08 Å². The molecular formula is C13H17BrO6. The summed E-state index contributed by atoms with van der Waals surface area (Å²) in [7, 11) is 0. The highest BCUT2D eigenvalue weighted by Gasteiger charge is 2.32. The van der Waals surface area contributed by atoms with Gasteiger partial charge in [0.25, 0.3) is 0 Å². The molecule has 0 aliphatic heterocycles. The molecule has 1 rings (SSSR count). The summed E-state index contributed by atoms with van der Waals surface area (Å²) in [6.07, 6.45) is -5.80. The normalized spacial score (nSPS) is 18.4. The van der Waals surface area contributed by atoms with Gasteiger partial charge in [0.1, 0.15) is 30.2 Å². The Morgan fingerprint density at radius 2 is 1.80 bits per heavy atom. The minimum atomic E-state index is -1.83. The van der Waals surface area contributed by atoms with Gasteiger partial charge in [-0.25, -0.2) is 0 Å². The first-order chi connectivity index (χ1) is 9.36. The number of halogens is 1. The molecule has 0 fully saturated rings. The molecule has 0 heterocycles. The third-order valence-corrected chi connectivity index (χ3v) is 3.21. The first-order valence-corrected chi connectivity index (χ1v) is 6.65. The molecule has 0 spiro atoms. The largest absolute Gasteiger partial charge is 0.509 e. The number of aliphatic hydroxyl groups excluding tert-OH is 6. The second-order valence-electron chi connectivity index (χ2n) is 4.30. The summed E-state index contributed by atoms with van der Waals surface area (Å²) >= 11 is 3.25. The van der Waals surface area contributed by atoms with Crippen molar-refractivity contribution in [2.45, 2.75) is 24.4 Å². The van der Waals surface area contributed by atoms with Gasteiger partial charge in [-0.05, 0) is 23.8 Å². The lowest BCUT2D eigenvalue weighted by atomic mass is 10.0. The predicted octanol–water partition coefficient (Wildman–Crippen LogP) is -0.216. The number of benzene rings is 1. The smallest absolute Gasteiger partial charge is 0.139 e. The van der Waals surface area contributed by atoms with Gasteiger partial charge in [-0.2, -0.15) is 0 Å². The van der Waals surface area contributed by atoms with Crippen LogP contribution in [-0.2, 0) is 0 Å². The molecule has 0 saturated carbocycles. The number of hydrogen-bond donors (Lipinski definition) is 6. The van der Waals surface area contributed by atoms with Gasteiger partial charge in [0.2, 0.25) is 0 Å². The first kappa shape index (κ1) is 17.1. The minimum Gasteiger partial charge on any atom is -0.509 e. The summed E-state index contributed by atoms with van der Waals surface area (Å²) in [5, 5.41) is 56.3.